The lowest BCUT2D eigenvalue weighted by Crippen LogP contribution is -2.12. The van der Waals surface area contributed by atoms with Gasteiger partial charge in [0.1, 0.15) is 0 Å². The van der Waals surface area contributed by atoms with Crippen LogP contribution >= 0.6 is 0 Å². The second-order valence-corrected chi connectivity index (χ2v) is 13.4. The Morgan fingerprint density at radius 3 is 1.28 bits per heavy atom. The fourth-order valence-electron chi connectivity index (χ4n) is 6.18. The van der Waals surface area contributed by atoms with Gasteiger partial charge in [-0.3, -0.25) is 4.99 Å². The van der Waals surface area contributed by atoms with Gasteiger partial charge in [0.05, 0.1) is 22.8 Å². The molecule has 0 heterocycles. The summed E-state index contributed by atoms with van der Waals surface area (Å²) in [6.07, 6.45) is 32.6. The van der Waals surface area contributed by atoms with E-state index in [1.54, 1.807) is 0 Å². The summed E-state index contributed by atoms with van der Waals surface area (Å²) < 4.78 is 0. The fraction of sp³-hybridized carbons (Fsp3) is 0.636. The number of aryl methyl sites for hydroxylation is 4. The maximum Gasteiger partial charge on any atom is 0.0848 e. The quantitative estimate of drug-likeness (QED) is 0.0733. The highest BCUT2D eigenvalue weighted by Gasteiger charge is 2.10. The number of hydrogen-bond donors (Lipinski definition) is 0. The molecule has 2 aromatic carbocycles. The predicted octanol–water partition coefficient (Wildman–Crippen LogP) is 14.4. The minimum absolute atomic E-state index is 0.960. The molecule has 0 radical (unpaired) electrons. The molecule has 0 N–H and O–H groups in total. The molecule has 0 unspecified atom stereocenters. The van der Waals surface area contributed by atoms with Crippen LogP contribution in [0.2, 0.25) is 0 Å². The van der Waals surface area contributed by atoms with Crippen LogP contribution in [-0.4, -0.2) is 11.4 Å². The monoisotopic (exact) mass is 627 g/mol. The van der Waals surface area contributed by atoms with Crippen LogP contribution in [-0.2, 0) is 25.7 Å². The Morgan fingerprint density at radius 1 is 0.457 bits per heavy atom. The molecule has 0 spiro atoms. The van der Waals surface area contributed by atoms with E-state index < -0.39 is 0 Å². The first kappa shape index (κ1) is 39.7. The molecule has 0 aliphatic carbocycles. The highest BCUT2D eigenvalue weighted by atomic mass is 14.8. The lowest BCUT2D eigenvalue weighted by molar-refractivity contribution is 0.540. The summed E-state index contributed by atoms with van der Waals surface area (Å²) in [5.41, 5.74) is 9.78. The molecule has 2 rings (SSSR count). The van der Waals surface area contributed by atoms with Crippen molar-refractivity contribution < 1.29 is 0 Å². The van der Waals surface area contributed by atoms with E-state index in [-0.39, 0.29) is 0 Å². The number of allylic oxidation sites excluding steroid dienone is 2. The Labute approximate surface area is 285 Å². The van der Waals surface area contributed by atoms with E-state index in [1.165, 1.54) is 119 Å². The summed E-state index contributed by atoms with van der Waals surface area (Å²) in [5, 5.41) is 0. The lowest BCUT2D eigenvalue weighted by atomic mass is 10.0. The highest BCUT2D eigenvalue weighted by Crippen LogP contribution is 2.24. The molecule has 2 aromatic rings. The Balaban J connectivity index is 2.15. The maximum atomic E-state index is 5.35. The lowest BCUT2D eigenvalue weighted by Gasteiger charge is -2.11. The predicted molar refractivity (Wildman–Crippen MR) is 208 cm³/mol. The first-order valence-corrected chi connectivity index (χ1v) is 19.6. The van der Waals surface area contributed by atoms with Crippen molar-refractivity contribution in [2.75, 3.05) is 0 Å². The minimum atomic E-state index is 0.960. The van der Waals surface area contributed by atoms with Gasteiger partial charge in [-0.25, -0.2) is 4.99 Å². The summed E-state index contributed by atoms with van der Waals surface area (Å²) in [4.78, 5) is 10.7. The van der Waals surface area contributed by atoms with Crippen molar-refractivity contribution >= 4 is 22.8 Å². The van der Waals surface area contributed by atoms with Gasteiger partial charge in [-0.05, 0) is 104 Å². The van der Waals surface area contributed by atoms with E-state index in [0.717, 1.165) is 67.7 Å². The summed E-state index contributed by atoms with van der Waals surface area (Å²) in [6.45, 7) is 13.5. The van der Waals surface area contributed by atoms with E-state index in [1.807, 2.05) is 0 Å². The third kappa shape index (κ3) is 16.9. The van der Waals surface area contributed by atoms with E-state index in [9.17, 15) is 0 Å². The Hall–Kier alpha value is -2.48. The summed E-state index contributed by atoms with van der Waals surface area (Å²) in [5.74, 6) is 0. The van der Waals surface area contributed by atoms with Gasteiger partial charge in [0.2, 0.25) is 0 Å². The number of hydrogen-bond acceptors (Lipinski definition) is 2. The third-order valence-electron chi connectivity index (χ3n) is 9.28. The van der Waals surface area contributed by atoms with Crippen molar-refractivity contribution in [1.82, 2.24) is 0 Å². The van der Waals surface area contributed by atoms with Gasteiger partial charge in [0.15, 0.2) is 0 Å². The molecule has 2 heteroatoms. The van der Waals surface area contributed by atoms with Gasteiger partial charge in [-0.1, -0.05) is 150 Å². The first-order valence-electron chi connectivity index (χ1n) is 19.6. The molecule has 0 saturated heterocycles. The van der Waals surface area contributed by atoms with Gasteiger partial charge in [0.25, 0.3) is 0 Å². The van der Waals surface area contributed by atoms with Crippen molar-refractivity contribution in [3.63, 3.8) is 0 Å². The fourth-order valence-corrected chi connectivity index (χ4v) is 6.18. The van der Waals surface area contributed by atoms with Gasteiger partial charge >= 0.3 is 0 Å². The van der Waals surface area contributed by atoms with Crippen molar-refractivity contribution in [1.29, 1.82) is 0 Å². The van der Waals surface area contributed by atoms with Crippen molar-refractivity contribution in [3.8, 4) is 0 Å². The molecule has 46 heavy (non-hydrogen) atoms. The Morgan fingerprint density at radius 2 is 0.848 bits per heavy atom. The van der Waals surface area contributed by atoms with Crippen LogP contribution in [0.25, 0.3) is 0 Å². The van der Waals surface area contributed by atoms with Crippen molar-refractivity contribution in [3.05, 3.63) is 70.8 Å². The number of aliphatic imine (C=N–C) groups is 2. The van der Waals surface area contributed by atoms with Crippen LogP contribution in [0, 0.1) is 0 Å². The molecular weight excluding hydrogens is 556 g/mol. The largest absolute Gasteiger partial charge is 0.251 e. The Kier molecular flexibility index (Phi) is 22.1. The number of rotatable bonds is 26. The van der Waals surface area contributed by atoms with Crippen LogP contribution in [0.15, 0.2) is 58.5 Å². The van der Waals surface area contributed by atoms with Gasteiger partial charge in [-0.2, -0.15) is 0 Å². The smallest absolute Gasteiger partial charge is 0.0848 e. The summed E-state index contributed by atoms with van der Waals surface area (Å²) in [6, 6.07) is 13.8. The van der Waals surface area contributed by atoms with Gasteiger partial charge in [-0.15, -0.1) is 0 Å². The van der Waals surface area contributed by atoms with E-state index in [0.29, 0.717) is 0 Å². The van der Waals surface area contributed by atoms with Gasteiger partial charge in [0, 0.05) is 0 Å². The molecule has 0 aliphatic heterocycles. The second kappa shape index (κ2) is 25.6. The number of benzene rings is 2. The average molecular weight is 627 g/mol. The number of unbranched alkanes of at least 4 members (excludes halogenated alkanes) is 15. The van der Waals surface area contributed by atoms with Crippen LogP contribution in [0.5, 0.6) is 0 Å². The molecular formula is C44H70N2. The molecule has 0 fully saturated rings. The molecule has 0 aromatic heterocycles. The van der Waals surface area contributed by atoms with Crippen LogP contribution in [0.1, 0.15) is 179 Å². The SMILES string of the molecule is CCCCCCCCCCCCCCC/C=C/C(=Nc1cc(CC)cc(CC)c1)C(CCCCC)=Nc1cc(CC)cc(CC)c1. The maximum absolute atomic E-state index is 5.35. The second-order valence-electron chi connectivity index (χ2n) is 13.4. The van der Waals surface area contributed by atoms with E-state index in [2.05, 4.69) is 90.1 Å². The van der Waals surface area contributed by atoms with Crippen LogP contribution in [0.4, 0.5) is 11.4 Å². The number of nitrogens with zero attached hydrogens (tertiary/aromatic N) is 2. The van der Waals surface area contributed by atoms with E-state index in [4.69, 9.17) is 9.98 Å². The summed E-state index contributed by atoms with van der Waals surface area (Å²) in [7, 11) is 0. The van der Waals surface area contributed by atoms with Crippen LogP contribution in [0.3, 0.4) is 0 Å². The molecule has 2 nitrogen and oxygen atoms in total. The van der Waals surface area contributed by atoms with E-state index >= 15 is 0 Å². The third-order valence-corrected chi connectivity index (χ3v) is 9.28. The zero-order valence-corrected chi connectivity index (χ0v) is 31.1. The minimum Gasteiger partial charge on any atom is -0.251 e. The molecule has 0 atom stereocenters. The average Bonchev–Trinajstić information content (AvgIpc) is 3.08. The molecule has 0 bridgehead atoms. The van der Waals surface area contributed by atoms with Crippen LogP contribution < -0.4 is 0 Å². The summed E-state index contributed by atoms with van der Waals surface area (Å²) >= 11 is 0. The van der Waals surface area contributed by atoms with Crippen molar-refractivity contribution in [2.24, 2.45) is 9.98 Å². The normalized spacial score (nSPS) is 12.5. The van der Waals surface area contributed by atoms with Gasteiger partial charge < -0.3 is 0 Å². The molecule has 0 amide bonds. The first-order chi connectivity index (χ1) is 22.6. The Bertz CT molecular complexity index is 1120. The zero-order valence-electron chi connectivity index (χ0n) is 31.1. The molecule has 256 valence electrons. The molecule has 0 saturated carbocycles. The zero-order chi connectivity index (χ0) is 33.2. The topological polar surface area (TPSA) is 24.7 Å². The highest BCUT2D eigenvalue weighted by molar-refractivity contribution is 6.47. The van der Waals surface area contributed by atoms with Crippen molar-refractivity contribution in [2.45, 2.75) is 183 Å². The standard InChI is InChI=1S/C44H70N2/c1-7-13-15-16-17-18-19-20-21-22-23-24-25-26-28-30-44(46-42-35-39(11-5)32-40(12-6)36-42)43(29-27-14-8-2)45-41-33-37(9-3)31-38(10-4)34-41/h28,30-36H,7-27,29H2,1-6H3/b30-28+,45-43?,46-44?. The molecule has 0 aliphatic rings.